The number of carbonyl (C=O) groups excluding carboxylic acids is 1. The Bertz CT molecular complexity index is 515. The van der Waals surface area contributed by atoms with Gasteiger partial charge in [-0.2, -0.15) is 0 Å². The predicted molar refractivity (Wildman–Crippen MR) is 67.1 cm³/mol. The summed E-state index contributed by atoms with van der Waals surface area (Å²) >= 11 is 5.74. The summed E-state index contributed by atoms with van der Waals surface area (Å²) in [5.74, 6) is -0.138. The van der Waals surface area contributed by atoms with Gasteiger partial charge < -0.3 is 0 Å². The van der Waals surface area contributed by atoms with E-state index in [4.69, 9.17) is 11.6 Å². The molecule has 1 aliphatic rings. The summed E-state index contributed by atoms with van der Waals surface area (Å²) in [6.45, 7) is 0. The van der Waals surface area contributed by atoms with Gasteiger partial charge in [0.2, 0.25) is 0 Å². The Balaban J connectivity index is 2.21. The van der Waals surface area contributed by atoms with Crippen molar-refractivity contribution in [1.82, 2.24) is 0 Å². The van der Waals surface area contributed by atoms with Crippen LogP contribution in [0.2, 0.25) is 5.02 Å². The lowest BCUT2D eigenvalue weighted by Crippen LogP contribution is -2.12. The minimum atomic E-state index is -0.138. The van der Waals surface area contributed by atoms with Gasteiger partial charge in [-0.1, -0.05) is 23.8 Å². The average molecular weight is 248 g/mol. The van der Waals surface area contributed by atoms with Crippen LogP contribution in [0.15, 0.2) is 60.3 Å². The molecule has 1 aromatic carbocycles. The fraction of sp³-hybridized carbons (Fsp3) is 0. The number of hydrogen-bond acceptors (Lipinski definition) is 3. The summed E-state index contributed by atoms with van der Waals surface area (Å²) in [4.78, 5) is 11.4. The first-order chi connectivity index (χ1) is 8.16. The van der Waals surface area contributed by atoms with Gasteiger partial charge >= 0.3 is 0 Å². The third kappa shape index (κ3) is 2.84. The van der Waals surface area contributed by atoms with Crippen molar-refractivity contribution in [2.45, 2.75) is 0 Å². The van der Waals surface area contributed by atoms with Crippen LogP contribution >= 0.6 is 11.6 Å². The Labute approximate surface area is 104 Å². The first-order valence-corrected chi connectivity index (χ1v) is 5.39. The topological polar surface area (TPSA) is 40.5 Å². The molecule has 0 saturated carbocycles. The zero-order chi connectivity index (χ0) is 12.3. The highest BCUT2D eigenvalue weighted by Gasteiger charge is 2.08. The number of nitrogens with zero attached hydrogens (tertiary/aromatic N) is 1. The van der Waals surface area contributed by atoms with Crippen LogP contribution in [0.5, 0.6) is 0 Å². The molecule has 0 fully saturated rings. The molecular formula is C13H10ClNO2. The van der Waals surface area contributed by atoms with Gasteiger partial charge in [0.05, 0.1) is 5.69 Å². The van der Waals surface area contributed by atoms with Crippen molar-refractivity contribution in [2.24, 2.45) is 0 Å². The molecule has 0 aromatic heterocycles. The van der Waals surface area contributed by atoms with E-state index >= 15 is 0 Å². The molecule has 0 saturated heterocycles. The highest BCUT2D eigenvalue weighted by molar-refractivity contribution is 6.30. The number of carbonyl (C=O) groups is 1. The van der Waals surface area contributed by atoms with Crippen molar-refractivity contribution < 1.29 is 10.0 Å². The van der Waals surface area contributed by atoms with Crippen LogP contribution in [0.3, 0.4) is 0 Å². The van der Waals surface area contributed by atoms with E-state index in [2.05, 4.69) is 0 Å². The van der Waals surface area contributed by atoms with E-state index in [0.29, 0.717) is 16.3 Å². The normalized spacial score (nSPS) is 16.6. The van der Waals surface area contributed by atoms with Crippen molar-refractivity contribution in [3.8, 4) is 0 Å². The van der Waals surface area contributed by atoms with E-state index in [1.54, 1.807) is 42.5 Å². The van der Waals surface area contributed by atoms with E-state index < -0.39 is 0 Å². The minimum Gasteiger partial charge on any atom is -0.289 e. The monoisotopic (exact) mass is 247 g/mol. The van der Waals surface area contributed by atoms with Crippen LogP contribution in [0.4, 0.5) is 5.69 Å². The highest BCUT2D eigenvalue weighted by atomic mass is 35.5. The molecule has 0 aliphatic heterocycles. The van der Waals surface area contributed by atoms with E-state index in [1.165, 1.54) is 12.3 Å². The number of rotatable bonds is 2. The van der Waals surface area contributed by atoms with Crippen molar-refractivity contribution in [1.29, 1.82) is 0 Å². The fourth-order valence-electron chi connectivity index (χ4n) is 1.39. The van der Waals surface area contributed by atoms with Crippen molar-refractivity contribution in [3.05, 3.63) is 65.4 Å². The minimum absolute atomic E-state index is 0.138. The molecule has 2 rings (SSSR count). The van der Waals surface area contributed by atoms with Gasteiger partial charge in [0.25, 0.3) is 0 Å². The highest BCUT2D eigenvalue weighted by Crippen LogP contribution is 2.18. The quantitative estimate of drug-likeness (QED) is 0.645. The standard InChI is InChI=1S/C13H10ClNO2/c14-11-5-7-12(8-6-11)15(17)9-10-3-1-2-4-13(10)16/h1-9,17H. The summed E-state index contributed by atoms with van der Waals surface area (Å²) < 4.78 is 0. The number of hydroxylamine groups is 1. The van der Waals surface area contributed by atoms with Crippen molar-refractivity contribution >= 4 is 23.1 Å². The summed E-state index contributed by atoms with van der Waals surface area (Å²) in [5, 5.41) is 11.3. The number of allylic oxidation sites excluding steroid dienone is 5. The Morgan fingerprint density at radius 1 is 1.12 bits per heavy atom. The van der Waals surface area contributed by atoms with Gasteiger partial charge in [0.1, 0.15) is 0 Å². The Hall–Kier alpha value is -1.84. The van der Waals surface area contributed by atoms with E-state index in [1.807, 2.05) is 0 Å². The third-order valence-electron chi connectivity index (χ3n) is 2.27. The molecular weight excluding hydrogens is 238 g/mol. The Morgan fingerprint density at radius 2 is 1.76 bits per heavy atom. The summed E-state index contributed by atoms with van der Waals surface area (Å²) in [6, 6.07) is 6.65. The summed E-state index contributed by atoms with van der Waals surface area (Å²) in [7, 11) is 0. The third-order valence-corrected chi connectivity index (χ3v) is 2.52. The molecule has 86 valence electrons. The lowest BCUT2D eigenvalue weighted by atomic mass is 10.1. The smallest absolute Gasteiger partial charge is 0.187 e. The van der Waals surface area contributed by atoms with E-state index in [9.17, 15) is 10.0 Å². The van der Waals surface area contributed by atoms with Gasteiger partial charge in [-0.3, -0.25) is 10.0 Å². The molecule has 3 nitrogen and oxygen atoms in total. The number of halogens is 1. The number of ketones is 1. The molecule has 4 heteroatoms. The predicted octanol–water partition coefficient (Wildman–Crippen LogP) is 3.11. The molecule has 0 spiro atoms. The van der Waals surface area contributed by atoms with Gasteiger partial charge in [0, 0.05) is 16.8 Å². The first kappa shape index (κ1) is 11.6. The Morgan fingerprint density at radius 3 is 2.41 bits per heavy atom. The van der Waals surface area contributed by atoms with Crippen molar-refractivity contribution in [3.63, 3.8) is 0 Å². The first-order valence-electron chi connectivity index (χ1n) is 5.01. The largest absolute Gasteiger partial charge is 0.289 e. The number of anilines is 1. The molecule has 0 radical (unpaired) electrons. The Kier molecular flexibility index (Phi) is 3.42. The second-order valence-corrected chi connectivity index (χ2v) is 3.92. The molecule has 0 atom stereocenters. The van der Waals surface area contributed by atoms with Crippen LogP contribution in [0.1, 0.15) is 0 Å². The average Bonchev–Trinajstić information content (AvgIpc) is 2.33. The summed E-state index contributed by atoms with van der Waals surface area (Å²) in [5.41, 5.74) is 0.961. The zero-order valence-electron chi connectivity index (χ0n) is 8.88. The van der Waals surface area contributed by atoms with Gasteiger partial charge in [-0.05, 0) is 36.4 Å². The molecule has 1 aromatic rings. The maximum absolute atomic E-state index is 11.4. The molecule has 0 heterocycles. The fourth-order valence-corrected chi connectivity index (χ4v) is 1.51. The molecule has 1 aliphatic carbocycles. The second-order valence-electron chi connectivity index (χ2n) is 3.49. The molecule has 1 N–H and O–H groups in total. The SMILES string of the molecule is O=C1C=CC=CC1=CN(O)c1ccc(Cl)cc1. The van der Waals surface area contributed by atoms with Crippen LogP contribution in [0, 0.1) is 0 Å². The van der Waals surface area contributed by atoms with Gasteiger partial charge in [-0.25, -0.2) is 5.06 Å². The summed E-state index contributed by atoms with van der Waals surface area (Å²) in [6.07, 6.45) is 7.85. The number of benzene rings is 1. The van der Waals surface area contributed by atoms with Crippen molar-refractivity contribution in [2.75, 3.05) is 5.06 Å². The van der Waals surface area contributed by atoms with Crippen LogP contribution < -0.4 is 5.06 Å². The van der Waals surface area contributed by atoms with Crippen LogP contribution in [-0.4, -0.2) is 11.0 Å². The van der Waals surface area contributed by atoms with E-state index in [0.717, 1.165) is 5.06 Å². The van der Waals surface area contributed by atoms with Crippen LogP contribution in [-0.2, 0) is 4.79 Å². The second kappa shape index (κ2) is 4.99. The zero-order valence-corrected chi connectivity index (χ0v) is 9.63. The maximum Gasteiger partial charge on any atom is 0.187 e. The maximum atomic E-state index is 11.4. The number of hydrogen-bond donors (Lipinski definition) is 1. The molecule has 0 bridgehead atoms. The molecule has 0 unspecified atom stereocenters. The van der Waals surface area contributed by atoms with Crippen LogP contribution in [0.25, 0.3) is 0 Å². The van der Waals surface area contributed by atoms with E-state index in [-0.39, 0.29) is 5.78 Å². The lowest BCUT2D eigenvalue weighted by molar-refractivity contribution is -0.111. The molecule has 17 heavy (non-hydrogen) atoms. The van der Waals surface area contributed by atoms with Gasteiger partial charge in [-0.15, -0.1) is 0 Å². The molecule has 0 amide bonds. The lowest BCUT2D eigenvalue weighted by Gasteiger charge is -2.13. The van der Waals surface area contributed by atoms with Gasteiger partial charge in [0.15, 0.2) is 5.78 Å².